The minimum absolute atomic E-state index is 0.245. The molecule has 0 N–H and O–H groups in total. The SMILES string of the molecule is Fc1ccc2nc(CCl)n(-c3cc(Br)ccc3Br)c2c1. The monoisotopic (exact) mass is 416 g/mol. The minimum atomic E-state index is -0.300. The number of alkyl halides is 1. The van der Waals surface area contributed by atoms with Gasteiger partial charge < -0.3 is 0 Å². The molecule has 0 aliphatic carbocycles. The third kappa shape index (κ3) is 2.38. The number of halogens is 4. The Balaban J connectivity index is 2.39. The van der Waals surface area contributed by atoms with Crippen molar-refractivity contribution >= 4 is 54.5 Å². The predicted molar refractivity (Wildman–Crippen MR) is 86.0 cm³/mol. The average molecular weight is 418 g/mol. The molecule has 0 aliphatic heterocycles. The van der Waals surface area contributed by atoms with Crippen LogP contribution in [0.15, 0.2) is 45.3 Å². The summed E-state index contributed by atoms with van der Waals surface area (Å²) >= 11 is 12.9. The van der Waals surface area contributed by atoms with Crippen LogP contribution in [0.1, 0.15) is 5.82 Å². The number of rotatable bonds is 2. The standard InChI is InChI=1S/C14H8Br2ClFN2/c15-8-1-3-10(16)12(5-8)20-13-6-9(18)2-4-11(13)19-14(20)7-17/h1-6H,7H2. The Morgan fingerprint density at radius 2 is 1.95 bits per heavy atom. The second-order valence-electron chi connectivity index (χ2n) is 4.23. The number of hydrogen-bond donors (Lipinski definition) is 0. The molecule has 6 heteroatoms. The van der Waals surface area contributed by atoms with Gasteiger partial charge in [0, 0.05) is 15.0 Å². The molecule has 0 saturated heterocycles. The van der Waals surface area contributed by atoms with Gasteiger partial charge in [-0.15, -0.1) is 11.6 Å². The van der Waals surface area contributed by atoms with Crippen LogP contribution >= 0.6 is 43.5 Å². The van der Waals surface area contributed by atoms with Crippen LogP contribution in [0, 0.1) is 5.82 Å². The van der Waals surface area contributed by atoms with Gasteiger partial charge in [0.2, 0.25) is 0 Å². The molecule has 0 unspecified atom stereocenters. The van der Waals surface area contributed by atoms with Crippen molar-refractivity contribution in [3.63, 3.8) is 0 Å². The molecule has 3 aromatic rings. The summed E-state index contributed by atoms with van der Waals surface area (Å²) in [4.78, 5) is 4.45. The highest BCUT2D eigenvalue weighted by Crippen LogP contribution is 2.30. The summed E-state index contributed by atoms with van der Waals surface area (Å²) in [5, 5.41) is 0. The topological polar surface area (TPSA) is 17.8 Å². The largest absolute Gasteiger partial charge is 0.294 e. The molecule has 0 amide bonds. The van der Waals surface area contributed by atoms with Crippen molar-refractivity contribution in [2.75, 3.05) is 0 Å². The van der Waals surface area contributed by atoms with Crippen LogP contribution in [0.3, 0.4) is 0 Å². The molecule has 0 spiro atoms. The number of benzene rings is 2. The minimum Gasteiger partial charge on any atom is -0.294 e. The molecule has 0 atom stereocenters. The summed E-state index contributed by atoms with van der Waals surface area (Å²) in [7, 11) is 0. The van der Waals surface area contributed by atoms with Crippen LogP contribution in [0.2, 0.25) is 0 Å². The van der Waals surface area contributed by atoms with Crippen LogP contribution in [-0.4, -0.2) is 9.55 Å². The average Bonchev–Trinajstić information content (AvgIpc) is 2.79. The third-order valence-electron chi connectivity index (χ3n) is 2.95. The quantitative estimate of drug-likeness (QED) is 0.508. The van der Waals surface area contributed by atoms with Crippen LogP contribution in [-0.2, 0) is 5.88 Å². The maximum absolute atomic E-state index is 13.5. The van der Waals surface area contributed by atoms with E-state index in [0.717, 1.165) is 14.6 Å². The lowest BCUT2D eigenvalue weighted by molar-refractivity contribution is 0.629. The van der Waals surface area contributed by atoms with Gasteiger partial charge in [-0.2, -0.15) is 0 Å². The van der Waals surface area contributed by atoms with Crippen LogP contribution in [0.4, 0.5) is 4.39 Å². The summed E-state index contributed by atoms with van der Waals surface area (Å²) in [6.07, 6.45) is 0. The Morgan fingerprint density at radius 1 is 1.15 bits per heavy atom. The molecule has 0 radical (unpaired) electrons. The van der Waals surface area contributed by atoms with Gasteiger partial charge >= 0.3 is 0 Å². The lowest BCUT2D eigenvalue weighted by Crippen LogP contribution is -2.00. The number of nitrogens with zero attached hydrogens (tertiary/aromatic N) is 2. The third-order valence-corrected chi connectivity index (χ3v) is 4.36. The van der Waals surface area contributed by atoms with Crippen molar-refractivity contribution in [2.45, 2.75) is 5.88 Å². The molecule has 1 aromatic heterocycles. The van der Waals surface area contributed by atoms with Crippen molar-refractivity contribution in [3.05, 3.63) is 57.0 Å². The summed E-state index contributed by atoms with van der Waals surface area (Å²) in [5.74, 6) is 0.617. The number of hydrogen-bond acceptors (Lipinski definition) is 1. The van der Waals surface area contributed by atoms with Crippen LogP contribution < -0.4 is 0 Å². The van der Waals surface area contributed by atoms with E-state index in [2.05, 4.69) is 36.8 Å². The van der Waals surface area contributed by atoms with Gasteiger partial charge in [0.1, 0.15) is 11.6 Å². The van der Waals surface area contributed by atoms with E-state index < -0.39 is 0 Å². The molecule has 0 bridgehead atoms. The fourth-order valence-corrected chi connectivity index (χ4v) is 3.07. The van der Waals surface area contributed by atoms with E-state index in [4.69, 9.17) is 11.6 Å². The van der Waals surface area contributed by atoms with Crippen molar-refractivity contribution < 1.29 is 4.39 Å². The Bertz CT molecular complexity index is 801. The predicted octanol–water partition coefficient (Wildman–Crippen LogP) is 5.43. The first-order chi connectivity index (χ1) is 9.60. The Kier molecular flexibility index (Phi) is 3.84. The fourth-order valence-electron chi connectivity index (χ4n) is 2.11. The normalized spacial score (nSPS) is 11.2. The van der Waals surface area contributed by atoms with Crippen molar-refractivity contribution in [2.24, 2.45) is 0 Å². The Morgan fingerprint density at radius 3 is 2.70 bits per heavy atom. The van der Waals surface area contributed by atoms with Gasteiger partial charge in [-0.05, 0) is 46.3 Å². The van der Waals surface area contributed by atoms with E-state index in [1.807, 2.05) is 22.8 Å². The maximum Gasteiger partial charge on any atom is 0.129 e. The van der Waals surface area contributed by atoms with E-state index in [9.17, 15) is 4.39 Å². The summed E-state index contributed by atoms with van der Waals surface area (Å²) in [6, 6.07) is 10.3. The van der Waals surface area contributed by atoms with Gasteiger partial charge in [-0.25, -0.2) is 9.37 Å². The first kappa shape index (κ1) is 14.0. The summed E-state index contributed by atoms with van der Waals surface area (Å²) in [5.41, 5.74) is 2.27. The molecule has 20 heavy (non-hydrogen) atoms. The Labute approximate surface area is 136 Å². The van der Waals surface area contributed by atoms with Crippen molar-refractivity contribution in [1.82, 2.24) is 9.55 Å². The van der Waals surface area contributed by atoms with E-state index in [0.29, 0.717) is 16.9 Å². The number of fused-ring (bicyclic) bond motifs is 1. The van der Waals surface area contributed by atoms with Gasteiger partial charge in [0.15, 0.2) is 0 Å². The lowest BCUT2D eigenvalue weighted by Gasteiger charge is -2.10. The van der Waals surface area contributed by atoms with E-state index >= 15 is 0 Å². The van der Waals surface area contributed by atoms with Gasteiger partial charge in [0.05, 0.1) is 22.6 Å². The lowest BCUT2D eigenvalue weighted by atomic mass is 10.2. The summed E-state index contributed by atoms with van der Waals surface area (Å²) < 4.78 is 17.2. The molecular weight excluding hydrogens is 410 g/mol. The van der Waals surface area contributed by atoms with Crippen molar-refractivity contribution in [3.8, 4) is 5.69 Å². The van der Waals surface area contributed by atoms with Crippen LogP contribution in [0.5, 0.6) is 0 Å². The first-order valence-electron chi connectivity index (χ1n) is 5.78. The zero-order valence-electron chi connectivity index (χ0n) is 10.1. The second kappa shape index (κ2) is 5.47. The number of aromatic nitrogens is 2. The molecule has 0 fully saturated rings. The molecular formula is C14H8Br2ClFN2. The molecule has 0 aliphatic rings. The van der Waals surface area contributed by atoms with Gasteiger partial charge in [-0.3, -0.25) is 4.57 Å². The zero-order valence-corrected chi connectivity index (χ0v) is 14.0. The molecule has 2 nitrogen and oxygen atoms in total. The van der Waals surface area contributed by atoms with Crippen molar-refractivity contribution in [1.29, 1.82) is 0 Å². The smallest absolute Gasteiger partial charge is 0.129 e. The van der Waals surface area contributed by atoms with E-state index in [1.165, 1.54) is 12.1 Å². The highest BCUT2D eigenvalue weighted by Gasteiger charge is 2.14. The van der Waals surface area contributed by atoms with E-state index in [1.54, 1.807) is 6.07 Å². The van der Waals surface area contributed by atoms with Gasteiger partial charge in [-0.1, -0.05) is 15.9 Å². The van der Waals surface area contributed by atoms with Crippen LogP contribution in [0.25, 0.3) is 16.7 Å². The van der Waals surface area contributed by atoms with Gasteiger partial charge in [0.25, 0.3) is 0 Å². The molecule has 0 saturated carbocycles. The molecule has 3 rings (SSSR count). The molecule has 2 aromatic carbocycles. The Hall–Kier alpha value is -0.910. The highest BCUT2D eigenvalue weighted by atomic mass is 79.9. The second-order valence-corrected chi connectivity index (χ2v) is 6.26. The highest BCUT2D eigenvalue weighted by molar-refractivity contribution is 9.11. The zero-order chi connectivity index (χ0) is 14.3. The molecule has 1 heterocycles. The van der Waals surface area contributed by atoms with E-state index in [-0.39, 0.29) is 11.7 Å². The number of imidazole rings is 1. The fraction of sp³-hybridized carbons (Fsp3) is 0.0714. The maximum atomic E-state index is 13.5. The summed E-state index contributed by atoms with van der Waals surface area (Å²) in [6.45, 7) is 0. The molecule has 102 valence electrons. The first-order valence-corrected chi connectivity index (χ1v) is 7.90.